The molecule has 1 N–H and O–H groups in total. The molecule has 0 spiro atoms. The first-order valence-corrected chi connectivity index (χ1v) is 4.17. The average Bonchev–Trinajstić information content (AvgIpc) is 2.16. The fourth-order valence-corrected chi connectivity index (χ4v) is 0.776. The molecule has 0 aromatic carbocycles. The molecule has 1 rings (SSSR count). The monoisotopic (exact) mass is 221 g/mol. The molecule has 1 atom stereocenters. The summed E-state index contributed by atoms with van der Waals surface area (Å²) in [6.45, 7) is 0.918. The molecule has 0 aliphatic carbocycles. The van der Waals surface area contributed by atoms with Crippen LogP contribution < -0.4 is 10.1 Å². The van der Waals surface area contributed by atoms with Crippen LogP contribution in [-0.2, 0) is 0 Å². The third kappa shape index (κ3) is 3.26. The highest BCUT2D eigenvalue weighted by Gasteiger charge is 2.38. The third-order valence-electron chi connectivity index (χ3n) is 1.61. The number of hydrogen-bond acceptors (Lipinski definition) is 4. The van der Waals surface area contributed by atoms with Crippen LogP contribution in [0.25, 0.3) is 0 Å². The molecule has 0 saturated heterocycles. The number of ether oxygens (including phenoxy) is 1. The molecule has 0 bridgehead atoms. The maximum atomic E-state index is 12.1. The number of nitrogens with one attached hydrogen (secondary N) is 1. The van der Waals surface area contributed by atoms with Crippen molar-refractivity contribution in [1.82, 2.24) is 9.97 Å². The van der Waals surface area contributed by atoms with Crippen molar-refractivity contribution >= 4 is 5.95 Å². The molecule has 0 aliphatic heterocycles. The number of aromatic nitrogens is 2. The van der Waals surface area contributed by atoms with Gasteiger partial charge in [-0.25, -0.2) is 4.98 Å². The van der Waals surface area contributed by atoms with Gasteiger partial charge in [0.05, 0.1) is 0 Å². The first-order chi connectivity index (χ1) is 6.93. The molecule has 0 fully saturated rings. The molecule has 1 aromatic heterocycles. The van der Waals surface area contributed by atoms with E-state index < -0.39 is 12.3 Å². The predicted molar refractivity (Wildman–Crippen MR) is 47.7 cm³/mol. The Morgan fingerprint density at radius 1 is 1.47 bits per heavy atom. The van der Waals surface area contributed by atoms with Gasteiger partial charge in [0.2, 0.25) is 11.8 Å². The van der Waals surface area contributed by atoms with Crippen molar-refractivity contribution < 1.29 is 17.9 Å². The summed E-state index contributed by atoms with van der Waals surface area (Å²) in [6, 6.07) is 1.27. The zero-order valence-electron chi connectivity index (χ0n) is 8.17. The van der Waals surface area contributed by atoms with Gasteiger partial charge in [0.1, 0.15) is 0 Å². The van der Waals surface area contributed by atoms with Crippen molar-refractivity contribution in [2.75, 3.05) is 12.4 Å². The number of alkyl halides is 3. The van der Waals surface area contributed by atoms with E-state index in [1.165, 1.54) is 12.3 Å². The van der Waals surface area contributed by atoms with E-state index in [-0.39, 0.29) is 11.8 Å². The Bertz CT molecular complexity index is 329. The summed E-state index contributed by atoms with van der Waals surface area (Å²) in [5, 5.41) is 2.60. The largest absolute Gasteiger partial charge is 0.465 e. The highest BCUT2D eigenvalue weighted by Crippen LogP contribution is 2.23. The molecule has 1 heterocycles. The predicted octanol–water partition coefficient (Wildman–Crippen LogP) is 1.85. The Balaban J connectivity index is 2.72. The first-order valence-electron chi connectivity index (χ1n) is 4.17. The van der Waals surface area contributed by atoms with E-state index >= 15 is 0 Å². The molecule has 4 nitrogen and oxygen atoms in total. The van der Waals surface area contributed by atoms with Gasteiger partial charge in [0.25, 0.3) is 0 Å². The molecule has 1 aromatic rings. The second-order valence-electron chi connectivity index (χ2n) is 2.77. The van der Waals surface area contributed by atoms with Crippen molar-refractivity contribution in [2.24, 2.45) is 0 Å². The van der Waals surface area contributed by atoms with E-state index in [0.29, 0.717) is 0 Å². The van der Waals surface area contributed by atoms with E-state index in [0.717, 1.165) is 6.92 Å². The molecule has 0 amide bonds. The molecule has 0 saturated carbocycles. The Hall–Kier alpha value is -1.53. The Kier molecular flexibility index (Phi) is 3.33. The van der Waals surface area contributed by atoms with E-state index in [1.807, 2.05) is 0 Å². The summed E-state index contributed by atoms with van der Waals surface area (Å²) < 4.78 is 41.0. The molecule has 1 unspecified atom stereocenters. The summed E-state index contributed by atoms with van der Waals surface area (Å²) >= 11 is 0. The van der Waals surface area contributed by atoms with Crippen LogP contribution in [0.2, 0.25) is 0 Å². The number of halogens is 3. The maximum absolute atomic E-state index is 12.1. The number of hydrogen-bond donors (Lipinski definition) is 1. The Morgan fingerprint density at radius 2 is 2.13 bits per heavy atom. The van der Waals surface area contributed by atoms with Crippen molar-refractivity contribution in [3.05, 3.63) is 12.3 Å². The fourth-order valence-electron chi connectivity index (χ4n) is 0.776. The van der Waals surface area contributed by atoms with Crippen LogP contribution in [0, 0.1) is 0 Å². The highest BCUT2D eigenvalue weighted by atomic mass is 19.4. The van der Waals surface area contributed by atoms with Crippen LogP contribution in [0.15, 0.2) is 12.3 Å². The smallest absolute Gasteiger partial charge is 0.425 e. The van der Waals surface area contributed by atoms with Crippen molar-refractivity contribution in [1.29, 1.82) is 0 Å². The highest BCUT2D eigenvalue weighted by molar-refractivity contribution is 5.26. The minimum atomic E-state index is -4.40. The number of rotatable bonds is 3. The lowest BCUT2D eigenvalue weighted by Gasteiger charge is -2.16. The van der Waals surface area contributed by atoms with Crippen LogP contribution in [-0.4, -0.2) is 29.3 Å². The summed E-state index contributed by atoms with van der Waals surface area (Å²) in [5.74, 6) is 0.0982. The summed E-state index contributed by atoms with van der Waals surface area (Å²) in [7, 11) is 1.56. The SMILES string of the molecule is CNc1nccc(OC(C)C(F)(F)F)n1. The van der Waals surface area contributed by atoms with Gasteiger partial charge in [0, 0.05) is 19.3 Å². The van der Waals surface area contributed by atoms with Crippen LogP contribution in [0.1, 0.15) is 6.92 Å². The van der Waals surface area contributed by atoms with Gasteiger partial charge < -0.3 is 10.1 Å². The first kappa shape index (κ1) is 11.5. The standard InChI is InChI=1S/C8H10F3N3O/c1-5(8(9,10)11)15-6-3-4-13-7(12-2)14-6/h3-5H,1-2H3,(H,12,13,14). The Morgan fingerprint density at radius 3 is 2.67 bits per heavy atom. The van der Waals surface area contributed by atoms with Gasteiger partial charge in [-0.05, 0) is 6.92 Å². The van der Waals surface area contributed by atoms with Crippen LogP contribution in [0.3, 0.4) is 0 Å². The van der Waals surface area contributed by atoms with E-state index in [1.54, 1.807) is 7.05 Å². The lowest BCUT2D eigenvalue weighted by Crippen LogP contribution is -2.31. The van der Waals surface area contributed by atoms with E-state index in [4.69, 9.17) is 0 Å². The van der Waals surface area contributed by atoms with Gasteiger partial charge in [-0.3, -0.25) is 0 Å². The quantitative estimate of drug-likeness (QED) is 0.846. The molecule has 84 valence electrons. The molecular formula is C8H10F3N3O. The normalized spacial score (nSPS) is 13.4. The molecule has 0 radical (unpaired) electrons. The minimum absolute atomic E-state index is 0.112. The zero-order chi connectivity index (χ0) is 11.5. The average molecular weight is 221 g/mol. The number of anilines is 1. The lowest BCUT2D eigenvalue weighted by molar-refractivity contribution is -0.189. The van der Waals surface area contributed by atoms with Gasteiger partial charge in [-0.2, -0.15) is 18.2 Å². The third-order valence-corrected chi connectivity index (χ3v) is 1.61. The topological polar surface area (TPSA) is 47.0 Å². The minimum Gasteiger partial charge on any atom is -0.465 e. The summed E-state index contributed by atoms with van der Waals surface area (Å²) in [5.41, 5.74) is 0. The lowest BCUT2D eigenvalue weighted by atomic mass is 10.4. The Labute approximate surface area is 84.5 Å². The van der Waals surface area contributed by atoms with Crippen LogP contribution in [0.4, 0.5) is 19.1 Å². The molecule has 7 heteroatoms. The van der Waals surface area contributed by atoms with Crippen LogP contribution >= 0.6 is 0 Å². The van der Waals surface area contributed by atoms with Gasteiger partial charge in [-0.15, -0.1) is 0 Å². The van der Waals surface area contributed by atoms with Gasteiger partial charge >= 0.3 is 6.18 Å². The molecule has 15 heavy (non-hydrogen) atoms. The zero-order valence-corrected chi connectivity index (χ0v) is 8.17. The molecular weight excluding hydrogens is 211 g/mol. The van der Waals surface area contributed by atoms with E-state index in [2.05, 4.69) is 20.0 Å². The van der Waals surface area contributed by atoms with Crippen LogP contribution in [0.5, 0.6) is 5.88 Å². The second-order valence-corrected chi connectivity index (χ2v) is 2.77. The van der Waals surface area contributed by atoms with Crippen molar-refractivity contribution in [3.63, 3.8) is 0 Å². The summed E-state index contributed by atoms with van der Waals surface area (Å²) in [6.07, 6.45) is -4.97. The van der Waals surface area contributed by atoms with Gasteiger partial charge in [0.15, 0.2) is 6.10 Å². The fraction of sp³-hybridized carbons (Fsp3) is 0.500. The van der Waals surface area contributed by atoms with Gasteiger partial charge in [-0.1, -0.05) is 0 Å². The van der Waals surface area contributed by atoms with Crippen molar-refractivity contribution in [2.45, 2.75) is 19.2 Å². The van der Waals surface area contributed by atoms with E-state index in [9.17, 15) is 13.2 Å². The molecule has 0 aliphatic rings. The van der Waals surface area contributed by atoms with Crippen molar-refractivity contribution in [3.8, 4) is 5.88 Å². The maximum Gasteiger partial charge on any atom is 0.425 e. The summed E-state index contributed by atoms with van der Waals surface area (Å²) in [4.78, 5) is 7.44. The number of nitrogens with zero attached hydrogens (tertiary/aromatic N) is 2. The second kappa shape index (κ2) is 4.33.